The quantitative estimate of drug-likeness (QED) is 0.828. The van der Waals surface area contributed by atoms with Gasteiger partial charge in [0, 0.05) is 19.6 Å². The lowest BCUT2D eigenvalue weighted by molar-refractivity contribution is -0.140. The van der Waals surface area contributed by atoms with Gasteiger partial charge in [-0.3, -0.25) is 4.79 Å². The van der Waals surface area contributed by atoms with E-state index in [1.807, 2.05) is 0 Å². The normalized spacial score (nSPS) is 11.5. The Hall–Kier alpha value is -1.47. The van der Waals surface area contributed by atoms with Crippen LogP contribution in [0.15, 0.2) is 0 Å². The molecule has 0 heterocycles. The SMILES string of the molecule is CC(C)N(CCC(=O)O)C(=O)N(C)CC(F)(F)F. The maximum Gasteiger partial charge on any atom is 0.406 e. The van der Waals surface area contributed by atoms with Crippen LogP contribution >= 0.6 is 0 Å². The van der Waals surface area contributed by atoms with Crippen molar-refractivity contribution >= 4 is 12.0 Å². The van der Waals surface area contributed by atoms with Crippen molar-refractivity contribution in [3.05, 3.63) is 0 Å². The highest BCUT2D eigenvalue weighted by atomic mass is 19.4. The molecule has 5 nitrogen and oxygen atoms in total. The summed E-state index contributed by atoms with van der Waals surface area (Å²) in [5, 5.41) is 8.52. The van der Waals surface area contributed by atoms with Crippen LogP contribution in [0.4, 0.5) is 18.0 Å². The molecule has 0 aliphatic heterocycles. The van der Waals surface area contributed by atoms with Gasteiger partial charge in [-0.2, -0.15) is 13.2 Å². The second kappa shape index (κ2) is 6.46. The summed E-state index contributed by atoms with van der Waals surface area (Å²) >= 11 is 0. The van der Waals surface area contributed by atoms with Gasteiger partial charge in [-0.05, 0) is 13.8 Å². The minimum absolute atomic E-state index is 0.117. The predicted molar refractivity (Wildman–Crippen MR) is 58.2 cm³/mol. The molecule has 1 N–H and O–H groups in total. The van der Waals surface area contributed by atoms with E-state index in [-0.39, 0.29) is 19.0 Å². The zero-order chi connectivity index (χ0) is 14.5. The van der Waals surface area contributed by atoms with Gasteiger partial charge in [0.2, 0.25) is 0 Å². The molecule has 0 aromatic carbocycles. The number of nitrogens with zero attached hydrogens (tertiary/aromatic N) is 2. The van der Waals surface area contributed by atoms with Gasteiger partial charge in [-0.25, -0.2) is 4.79 Å². The number of halogens is 3. The number of urea groups is 1. The van der Waals surface area contributed by atoms with Crippen molar-refractivity contribution < 1.29 is 27.9 Å². The molecular formula is C10H17F3N2O3. The Morgan fingerprint density at radius 3 is 2.11 bits per heavy atom. The van der Waals surface area contributed by atoms with E-state index in [1.165, 1.54) is 0 Å². The van der Waals surface area contributed by atoms with Crippen LogP contribution in [-0.2, 0) is 4.79 Å². The number of carboxylic acids is 1. The Balaban J connectivity index is 4.60. The lowest BCUT2D eigenvalue weighted by Gasteiger charge is -2.31. The summed E-state index contributed by atoms with van der Waals surface area (Å²) in [6, 6.07) is -1.20. The predicted octanol–water partition coefficient (Wildman–Crippen LogP) is 1.79. The molecule has 8 heteroatoms. The monoisotopic (exact) mass is 270 g/mol. The molecule has 0 saturated carbocycles. The minimum atomic E-state index is -4.47. The van der Waals surface area contributed by atoms with Gasteiger partial charge in [0.1, 0.15) is 6.54 Å². The third kappa shape index (κ3) is 6.31. The average Bonchev–Trinajstić information content (AvgIpc) is 2.13. The largest absolute Gasteiger partial charge is 0.481 e. The van der Waals surface area contributed by atoms with Crippen molar-refractivity contribution in [2.75, 3.05) is 20.1 Å². The number of carboxylic acid groups (broad SMARTS) is 1. The van der Waals surface area contributed by atoms with E-state index in [1.54, 1.807) is 13.8 Å². The molecule has 0 aromatic rings. The standard InChI is InChI=1S/C10H17F3N2O3/c1-7(2)15(5-4-8(16)17)9(18)14(3)6-10(11,12)13/h7H,4-6H2,1-3H3,(H,16,17). The van der Waals surface area contributed by atoms with Gasteiger partial charge in [-0.15, -0.1) is 0 Å². The number of hydrogen-bond donors (Lipinski definition) is 1. The molecule has 0 atom stereocenters. The Morgan fingerprint density at radius 1 is 1.28 bits per heavy atom. The number of carbonyl (C=O) groups excluding carboxylic acids is 1. The van der Waals surface area contributed by atoms with E-state index in [2.05, 4.69) is 0 Å². The van der Waals surface area contributed by atoms with E-state index in [4.69, 9.17) is 5.11 Å². The Labute approximate surface area is 103 Å². The number of carbonyl (C=O) groups is 2. The van der Waals surface area contributed by atoms with Crippen molar-refractivity contribution in [2.24, 2.45) is 0 Å². The molecule has 106 valence electrons. The summed E-state index contributed by atoms with van der Waals surface area (Å²) in [6.45, 7) is 1.75. The van der Waals surface area contributed by atoms with Crippen molar-refractivity contribution in [1.82, 2.24) is 9.80 Å². The molecule has 18 heavy (non-hydrogen) atoms. The molecule has 0 radical (unpaired) electrons. The van der Waals surface area contributed by atoms with Gasteiger partial charge in [0.15, 0.2) is 0 Å². The van der Waals surface area contributed by atoms with Crippen molar-refractivity contribution in [2.45, 2.75) is 32.5 Å². The number of alkyl halides is 3. The fourth-order valence-corrected chi connectivity index (χ4v) is 1.35. The molecule has 0 spiro atoms. The molecule has 2 amide bonds. The smallest absolute Gasteiger partial charge is 0.406 e. The summed E-state index contributed by atoms with van der Waals surface area (Å²) in [5.74, 6) is -1.10. The van der Waals surface area contributed by atoms with Gasteiger partial charge in [0.25, 0.3) is 0 Å². The number of hydrogen-bond acceptors (Lipinski definition) is 2. The van der Waals surface area contributed by atoms with Crippen LogP contribution in [0.25, 0.3) is 0 Å². The van der Waals surface area contributed by atoms with Crippen LogP contribution in [0, 0.1) is 0 Å². The zero-order valence-corrected chi connectivity index (χ0v) is 10.5. The van der Waals surface area contributed by atoms with Crippen LogP contribution in [0.5, 0.6) is 0 Å². The minimum Gasteiger partial charge on any atom is -0.481 e. The lowest BCUT2D eigenvalue weighted by atomic mass is 10.3. The molecule has 0 unspecified atom stereocenters. The summed E-state index contributed by atoms with van der Waals surface area (Å²) in [7, 11) is 1.03. The molecule has 0 saturated heterocycles. The first-order valence-corrected chi connectivity index (χ1v) is 5.35. The first-order valence-electron chi connectivity index (χ1n) is 5.35. The first-order chi connectivity index (χ1) is 8.04. The van der Waals surface area contributed by atoms with Gasteiger partial charge in [0.05, 0.1) is 6.42 Å². The van der Waals surface area contributed by atoms with Gasteiger partial charge < -0.3 is 14.9 Å². The molecule has 0 aromatic heterocycles. The van der Waals surface area contributed by atoms with Crippen molar-refractivity contribution in [3.63, 3.8) is 0 Å². The van der Waals surface area contributed by atoms with Crippen LogP contribution in [0.1, 0.15) is 20.3 Å². The Morgan fingerprint density at radius 2 is 1.78 bits per heavy atom. The molecule has 0 aliphatic rings. The van der Waals surface area contributed by atoms with E-state index >= 15 is 0 Å². The van der Waals surface area contributed by atoms with E-state index in [0.717, 1.165) is 11.9 Å². The second-order valence-electron chi connectivity index (χ2n) is 4.18. The van der Waals surface area contributed by atoms with Crippen molar-refractivity contribution in [1.29, 1.82) is 0 Å². The van der Waals surface area contributed by atoms with Crippen LogP contribution in [-0.4, -0.2) is 59.3 Å². The molecule has 0 aliphatic carbocycles. The summed E-state index contributed by atoms with van der Waals surface area (Å²) < 4.78 is 36.4. The fraction of sp³-hybridized carbons (Fsp3) is 0.800. The Kier molecular flexibility index (Phi) is 5.93. The molecule has 0 bridgehead atoms. The highest BCUT2D eigenvalue weighted by Gasteiger charge is 2.33. The van der Waals surface area contributed by atoms with Crippen LogP contribution in [0.3, 0.4) is 0 Å². The van der Waals surface area contributed by atoms with Crippen LogP contribution < -0.4 is 0 Å². The number of rotatable bonds is 5. The first kappa shape index (κ1) is 16.5. The van der Waals surface area contributed by atoms with E-state index in [9.17, 15) is 22.8 Å². The number of aliphatic carboxylic acids is 1. The fourth-order valence-electron chi connectivity index (χ4n) is 1.35. The average molecular weight is 270 g/mol. The molecular weight excluding hydrogens is 253 g/mol. The molecule has 0 fully saturated rings. The zero-order valence-electron chi connectivity index (χ0n) is 10.5. The highest BCUT2D eigenvalue weighted by molar-refractivity contribution is 5.75. The maximum absolute atomic E-state index is 12.1. The van der Waals surface area contributed by atoms with E-state index in [0.29, 0.717) is 4.90 Å². The number of amides is 2. The lowest BCUT2D eigenvalue weighted by Crippen LogP contribution is -2.48. The van der Waals surface area contributed by atoms with Gasteiger partial charge >= 0.3 is 18.2 Å². The maximum atomic E-state index is 12.1. The Bertz CT molecular complexity index is 305. The van der Waals surface area contributed by atoms with Gasteiger partial charge in [-0.1, -0.05) is 0 Å². The summed E-state index contributed by atoms with van der Waals surface area (Å²) in [5.41, 5.74) is 0. The topological polar surface area (TPSA) is 60.9 Å². The van der Waals surface area contributed by atoms with Crippen molar-refractivity contribution in [3.8, 4) is 0 Å². The summed E-state index contributed by atoms with van der Waals surface area (Å²) in [4.78, 5) is 23.8. The highest BCUT2D eigenvalue weighted by Crippen LogP contribution is 2.17. The van der Waals surface area contributed by atoms with Crippen LogP contribution in [0.2, 0.25) is 0 Å². The summed E-state index contributed by atoms with van der Waals surface area (Å²) in [6.07, 6.45) is -4.77. The third-order valence-corrected chi connectivity index (χ3v) is 2.18. The third-order valence-electron chi connectivity index (χ3n) is 2.18. The molecule has 0 rings (SSSR count). The van der Waals surface area contributed by atoms with E-state index < -0.39 is 24.7 Å². The second-order valence-corrected chi connectivity index (χ2v) is 4.18.